The van der Waals surface area contributed by atoms with Crippen LogP contribution in [0, 0.1) is 5.41 Å². The van der Waals surface area contributed by atoms with Crippen LogP contribution >= 0.6 is 0 Å². The molecule has 0 aromatic heterocycles. The molecule has 0 heterocycles. The average Bonchev–Trinajstić information content (AvgIpc) is 2.33. The number of benzene rings is 1. The van der Waals surface area contributed by atoms with Gasteiger partial charge in [-0.3, -0.25) is 9.59 Å². The van der Waals surface area contributed by atoms with Crippen molar-refractivity contribution in [3.8, 4) is 0 Å². The summed E-state index contributed by atoms with van der Waals surface area (Å²) in [5.41, 5.74) is -0.761. The number of carbonyl (C=O) groups excluding carboxylic acids is 2. The van der Waals surface area contributed by atoms with E-state index in [0.29, 0.717) is 12.8 Å². The lowest BCUT2D eigenvalue weighted by atomic mass is 9.53. The van der Waals surface area contributed by atoms with Crippen molar-refractivity contribution in [2.45, 2.75) is 37.9 Å². The number of hydrogen-bond donors (Lipinski definition) is 1. The summed E-state index contributed by atoms with van der Waals surface area (Å²) in [6.45, 7) is 0. The largest absolute Gasteiger partial charge is 0.416 e. The minimum Gasteiger partial charge on any atom is -0.349 e. The van der Waals surface area contributed by atoms with Gasteiger partial charge in [0.25, 0.3) is 5.91 Å². The standard InChI is InChI=1S/C15H14F3NO2/c16-15(17,18)10-3-1-2-9(4-10)13(21)19-11-5-14(6-11)7-12(20)8-14/h1-4,11H,5-8H2,(H,19,21). The Balaban J connectivity index is 1.60. The molecule has 1 aromatic rings. The molecule has 2 aliphatic carbocycles. The van der Waals surface area contributed by atoms with Crippen LogP contribution in [0.1, 0.15) is 41.6 Å². The van der Waals surface area contributed by atoms with Crippen LogP contribution in [-0.2, 0) is 11.0 Å². The number of alkyl halides is 3. The van der Waals surface area contributed by atoms with Gasteiger partial charge in [-0.2, -0.15) is 13.2 Å². The normalized spacial score (nSPS) is 20.8. The lowest BCUT2D eigenvalue weighted by Crippen LogP contribution is -2.56. The van der Waals surface area contributed by atoms with Gasteiger partial charge in [0.15, 0.2) is 0 Å². The van der Waals surface area contributed by atoms with Gasteiger partial charge in [-0.25, -0.2) is 0 Å². The summed E-state index contributed by atoms with van der Waals surface area (Å²) >= 11 is 0. The van der Waals surface area contributed by atoms with Gasteiger partial charge in [-0.15, -0.1) is 0 Å². The topological polar surface area (TPSA) is 46.2 Å². The van der Waals surface area contributed by atoms with Crippen molar-refractivity contribution >= 4 is 11.7 Å². The zero-order valence-electron chi connectivity index (χ0n) is 11.2. The van der Waals surface area contributed by atoms with Crippen molar-refractivity contribution in [3.05, 3.63) is 35.4 Å². The van der Waals surface area contributed by atoms with Crippen LogP contribution in [0.3, 0.4) is 0 Å². The van der Waals surface area contributed by atoms with E-state index in [9.17, 15) is 22.8 Å². The molecular formula is C15H14F3NO2. The second kappa shape index (κ2) is 4.58. The monoisotopic (exact) mass is 297 g/mol. The molecule has 2 saturated carbocycles. The summed E-state index contributed by atoms with van der Waals surface area (Å²) < 4.78 is 37.8. The van der Waals surface area contributed by atoms with Crippen LogP contribution in [0.2, 0.25) is 0 Å². The van der Waals surface area contributed by atoms with Crippen LogP contribution in [0.4, 0.5) is 13.2 Å². The highest BCUT2D eigenvalue weighted by Crippen LogP contribution is 2.53. The fraction of sp³-hybridized carbons (Fsp3) is 0.467. The SMILES string of the molecule is O=C1CC2(C1)CC(NC(=O)c1cccc(C(F)(F)F)c1)C2. The van der Waals surface area contributed by atoms with E-state index >= 15 is 0 Å². The van der Waals surface area contributed by atoms with E-state index in [1.165, 1.54) is 12.1 Å². The highest BCUT2D eigenvalue weighted by molar-refractivity contribution is 5.95. The zero-order valence-corrected chi connectivity index (χ0v) is 11.2. The van der Waals surface area contributed by atoms with E-state index in [1.807, 2.05) is 0 Å². The van der Waals surface area contributed by atoms with E-state index in [4.69, 9.17) is 0 Å². The molecule has 0 bridgehead atoms. The number of hydrogen-bond acceptors (Lipinski definition) is 2. The maximum atomic E-state index is 12.6. The van der Waals surface area contributed by atoms with E-state index < -0.39 is 17.6 Å². The molecule has 6 heteroatoms. The van der Waals surface area contributed by atoms with Crippen molar-refractivity contribution in [2.24, 2.45) is 5.41 Å². The molecule has 21 heavy (non-hydrogen) atoms. The predicted molar refractivity (Wildman–Crippen MR) is 68.6 cm³/mol. The fourth-order valence-corrected chi connectivity index (χ4v) is 3.27. The highest BCUT2D eigenvalue weighted by Gasteiger charge is 2.52. The fourth-order valence-electron chi connectivity index (χ4n) is 3.27. The van der Waals surface area contributed by atoms with Crippen LogP contribution in [0.15, 0.2) is 24.3 Å². The van der Waals surface area contributed by atoms with Gasteiger partial charge < -0.3 is 5.32 Å². The summed E-state index contributed by atoms with van der Waals surface area (Å²) in [6.07, 6.45) is -1.83. The lowest BCUT2D eigenvalue weighted by Gasteiger charge is -2.52. The molecule has 2 aliphatic rings. The molecule has 2 fully saturated rings. The first-order valence-corrected chi connectivity index (χ1v) is 6.77. The smallest absolute Gasteiger partial charge is 0.349 e. The molecule has 0 unspecified atom stereocenters. The number of amides is 1. The Labute approximate surface area is 119 Å². The Morgan fingerprint density at radius 3 is 2.48 bits per heavy atom. The van der Waals surface area contributed by atoms with Crippen molar-refractivity contribution in [3.63, 3.8) is 0 Å². The maximum absolute atomic E-state index is 12.6. The van der Waals surface area contributed by atoms with E-state index in [-0.39, 0.29) is 22.8 Å². The molecule has 1 N–H and O–H groups in total. The average molecular weight is 297 g/mol. The van der Waals surface area contributed by atoms with Gasteiger partial charge in [0, 0.05) is 24.4 Å². The summed E-state index contributed by atoms with van der Waals surface area (Å²) in [4.78, 5) is 23.0. The minimum absolute atomic E-state index is 0.00969. The predicted octanol–water partition coefficient (Wildman–Crippen LogP) is 2.95. The molecule has 1 aromatic carbocycles. The van der Waals surface area contributed by atoms with E-state index in [0.717, 1.165) is 25.0 Å². The quantitative estimate of drug-likeness (QED) is 0.912. The number of carbonyl (C=O) groups is 2. The Bertz CT molecular complexity index is 593. The Hall–Kier alpha value is -1.85. The second-order valence-corrected chi connectivity index (χ2v) is 6.05. The number of Topliss-reactive ketones (excluding diaryl/α,β-unsaturated/α-hetero) is 1. The molecular weight excluding hydrogens is 283 g/mol. The first-order chi connectivity index (χ1) is 9.77. The number of rotatable bonds is 2. The molecule has 112 valence electrons. The van der Waals surface area contributed by atoms with Gasteiger partial charge >= 0.3 is 6.18 Å². The summed E-state index contributed by atoms with van der Waals surface area (Å²) in [7, 11) is 0. The number of nitrogens with one attached hydrogen (secondary N) is 1. The second-order valence-electron chi connectivity index (χ2n) is 6.05. The van der Waals surface area contributed by atoms with Gasteiger partial charge in [0.1, 0.15) is 5.78 Å². The molecule has 0 saturated heterocycles. The Morgan fingerprint density at radius 2 is 1.90 bits per heavy atom. The van der Waals surface area contributed by atoms with Crippen molar-refractivity contribution < 1.29 is 22.8 Å². The van der Waals surface area contributed by atoms with Crippen molar-refractivity contribution in [1.82, 2.24) is 5.32 Å². The summed E-state index contributed by atoms with van der Waals surface area (Å²) in [6, 6.07) is 4.35. The molecule has 1 spiro atoms. The summed E-state index contributed by atoms with van der Waals surface area (Å²) in [5, 5.41) is 2.73. The van der Waals surface area contributed by atoms with Gasteiger partial charge in [0.05, 0.1) is 5.56 Å². The highest BCUT2D eigenvalue weighted by atomic mass is 19.4. The Morgan fingerprint density at radius 1 is 1.24 bits per heavy atom. The van der Waals surface area contributed by atoms with E-state index in [2.05, 4.69) is 5.32 Å². The molecule has 3 nitrogen and oxygen atoms in total. The number of ketones is 1. The lowest BCUT2D eigenvalue weighted by molar-refractivity contribution is -0.139. The van der Waals surface area contributed by atoms with Gasteiger partial charge in [-0.05, 0) is 36.5 Å². The molecule has 0 radical (unpaired) electrons. The third-order valence-electron chi connectivity index (χ3n) is 4.29. The van der Waals surface area contributed by atoms with Gasteiger partial charge in [-0.1, -0.05) is 6.07 Å². The summed E-state index contributed by atoms with van der Waals surface area (Å²) in [5.74, 6) is -0.246. The third-order valence-corrected chi connectivity index (χ3v) is 4.29. The minimum atomic E-state index is -4.46. The van der Waals surface area contributed by atoms with Crippen molar-refractivity contribution in [2.75, 3.05) is 0 Å². The van der Waals surface area contributed by atoms with E-state index in [1.54, 1.807) is 0 Å². The third kappa shape index (κ3) is 2.66. The first-order valence-electron chi connectivity index (χ1n) is 6.77. The van der Waals surface area contributed by atoms with Gasteiger partial charge in [0.2, 0.25) is 0 Å². The van der Waals surface area contributed by atoms with Crippen LogP contribution in [-0.4, -0.2) is 17.7 Å². The van der Waals surface area contributed by atoms with Crippen molar-refractivity contribution in [1.29, 1.82) is 0 Å². The maximum Gasteiger partial charge on any atom is 0.416 e. The van der Waals surface area contributed by atoms with Crippen LogP contribution in [0.25, 0.3) is 0 Å². The van der Waals surface area contributed by atoms with Crippen LogP contribution < -0.4 is 5.32 Å². The van der Waals surface area contributed by atoms with Crippen LogP contribution in [0.5, 0.6) is 0 Å². The molecule has 0 aliphatic heterocycles. The zero-order chi connectivity index (χ0) is 15.3. The first kappa shape index (κ1) is 14.1. The molecule has 1 amide bonds. The number of halogens is 3. The molecule has 3 rings (SSSR count). The Kier molecular flexibility index (Phi) is 3.07. The molecule has 0 atom stereocenters.